The van der Waals surface area contributed by atoms with E-state index in [1.165, 1.54) is 15.9 Å². The van der Waals surface area contributed by atoms with Crippen molar-refractivity contribution in [1.82, 2.24) is 9.13 Å². The average molecular weight is 440 g/mol. The molecule has 0 saturated heterocycles. The summed E-state index contributed by atoms with van der Waals surface area (Å²) >= 11 is 7.35. The molecule has 152 valence electrons. The molecule has 30 heavy (non-hydrogen) atoms. The van der Waals surface area contributed by atoms with Gasteiger partial charge in [0.2, 0.25) is 5.91 Å². The first kappa shape index (κ1) is 20.1. The van der Waals surface area contributed by atoms with Gasteiger partial charge in [0.15, 0.2) is 0 Å². The van der Waals surface area contributed by atoms with E-state index >= 15 is 0 Å². The Hall–Kier alpha value is -3.16. The molecule has 0 aliphatic carbocycles. The fraction of sp³-hybridized carbons (Fsp3) is 0.136. The maximum absolute atomic E-state index is 13.3. The van der Waals surface area contributed by atoms with E-state index < -0.39 is 11.6 Å². The van der Waals surface area contributed by atoms with Crippen LogP contribution in [0, 0.1) is 13.8 Å². The number of halogens is 1. The molecule has 4 aromatic rings. The van der Waals surface area contributed by atoms with Gasteiger partial charge in [-0.15, -0.1) is 11.3 Å². The van der Waals surface area contributed by atoms with Crippen molar-refractivity contribution < 1.29 is 4.79 Å². The highest BCUT2D eigenvalue weighted by Gasteiger charge is 2.19. The van der Waals surface area contributed by atoms with E-state index in [4.69, 9.17) is 11.6 Å². The summed E-state index contributed by atoms with van der Waals surface area (Å²) in [5, 5.41) is 4.86. The lowest BCUT2D eigenvalue weighted by atomic mass is 10.1. The summed E-state index contributed by atoms with van der Waals surface area (Å²) in [6, 6.07) is 14.1. The van der Waals surface area contributed by atoms with Crippen LogP contribution in [-0.2, 0) is 11.3 Å². The Morgan fingerprint density at radius 1 is 1.10 bits per heavy atom. The number of para-hydroxylation sites is 1. The van der Waals surface area contributed by atoms with Crippen molar-refractivity contribution in [3.8, 4) is 5.69 Å². The smallest absolute Gasteiger partial charge is 0.323 e. The second kappa shape index (κ2) is 7.93. The first-order valence-electron chi connectivity index (χ1n) is 9.22. The highest BCUT2D eigenvalue weighted by atomic mass is 35.5. The van der Waals surface area contributed by atoms with E-state index in [1.807, 2.05) is 26.0 Å². The molecule has 0 atom stereocenters. The van der Waals surface area contributed by atoms with Crippen LogP contribution in [0.5, 0.6) is 0 Å². The van der Waals surface area contributed by atoms with Crippen LogP contribution >= 0.6 is 22.9 Å². The fourth-order valence-electron chi connectivity index (χ4n) is 3.40. The predicted molar refractivity (Wildman–Crippen MR) is 121 cm³/mol. The van der Waals surface area contributed by atoms with Crippen LogP contribution in [0.15, 0.2) is 63.5 Å². The van der Waals surface area contributed by atoms with Gasteiger partial charge in [-0.1, -0.05) is 41.4 Å². The summed E-state index contributed by atoms with van der Waals surface area (Å²) in [7, 11) is 0. The number of nitrogens with zero attached hydrogens (tertiary/aromatic N) is 2. The Morgan fingerprint density at radius 2 is 1.87 bits per heavy atom. The predicted octanol–water partition coefficient (Wildman–Crippen LogP) is 4.12. The second-order valence-electron chi connectivity index (χ2n) is 6.96. The number of aromatic nitrogens is 2. The molecule has 0 aliphatic rings. The quantitative estimate of drug-likeness (QED) is 0.519. The summed E-state index contributed by atoms with van der Waals surface area (Å²) in [6.07, 6.45) is 0. The number of nitrogens with one attached hydrogen (secondary N) is 1. The zero-order chi connectivity index (χ0) is 21.4. The first-order valence-corrected chi connectivity index (χ1v) is 10.5. The molecule has 0 bridgehead atoms. The van der Waals surface area contributed by atoms with Crippen LogP contribution in [0.3, 0.4) is 0 Å². The monoisotopic (exact) mass is 439 g/mol. The molecular formula is C22H18ClN3O3S. The summed E-state index contributed by atoms with van der Waals surface area (Å²) in [5.41, 5.74) is 2.28. The van der Waals surface area contributed by atoms with Gasteiger partial charge in [-0.25, -0.2) is 9.36 Å². The maximum Gasteiger partial charge on any atom is 0.336 e. The van der Waals surface area contributed by atoms with Crippen molar-refractivity contribution in [3.05, 3.63) is 90.9 Å². The third-order valence-corrected chi connectivity index (χ3v) is 6.02. The second-order valence-corrected chi connectivity index (χ2v) is 8.29. The molecule has 6 nitrogen and oxygen atoms in total. The standard InChI is InChI=1S/C22H18ClN3O3S/c1-13-7-8-17(14(2)11-13)26-21(28)20-18(9-10-30-20)25(22(26)29)12-19(27)24-16-6-4-3-5-15(16)23/h3-11H,12H2,1-2H3,(H,24,27). The lowest BCUT2D eigenvalue weighted by Gasteiger charge is -2.14. The van der Waals surface area contributed by atoms with Crippen LogP contribution < -0.4 is 16.6 Å². The van der Waals surface area contributed by atoms with Crippen LogP contribution in [0.4, 0.5) is 5.69 Å². The zero-order valence-corrected chi connectivity index (χ0v) is 17.9. The van der Waals surface area contributed by atoms with Gasteiger partial charge in [0.05, 0.1) is 21.9 Å². The molecule has 0 spiro atoms. The summed E-state index contributed by atoms with van der Waals surface area (Å²) < 4.78 is 2.87. The highest BCUT2D eigenvalue weighted by Crippen LogP contribution is 2.21. The van der Waals surface area contributed by atoms with E-state index in [9.17, 15) is 14.4 Å². The number of carbonyl (C=O) groups excluding carboxylic acids is 1. The minimum atomic E-state index is -0.563. The normalized spacial score (nSPS) is 11.0. The Labute approximate surface area is 181 Å². The minimum absolute atomic E-state index is 0.248. The van der Waals surface area contributed by atoms with Crippen LogP contribution in [-0.4, -0.2) is 15.0 Å². The number of carbonyl (C=O) groups is 1. The summed E-state index contributed by atoms with van der Waals surface area (Å²) in [5.74, 6) is -0.413. The van der Waals surface area contributed by atoms with E-state index in [0.29, 0.717) is 26.6 Å². The molecule has 0 aliphatic heterocycles. The fourth-order valence-corrected chi connectivity index (χ4v) is 4.41. The minimum Gasteiger partial charge on any atom is -0.323 e. The molecular weight excluding hydrogens is 422 g/mol. The first-order chi connectivity index (χ1) is 14.4. The molecule has 0 saturated carbocycles. The third-order valence-electron chi connectivity index (χ3n) is 4.80. The third kappa shape index (κ3) is 3.58. The molecule has 2 aromatic carbocycles. The number of amides is 1. The molecule has 2 aromatic heterocycles. The lowest BCUT2D eigenvalue weighted by molar-refractivity contribution is -0.116. The van der Waals surface area contributed by atoms with Gasteiger partial charge in [0, 0.05) is 0 Å². The van der Waals surface area contributed by atoms with Crippen molar-refractivity contribution in [2.45, 2.75) is 20.4 Å². The Morgan fingerprint density at radius 3 is 2.60 bits per heavy atom. The van der Waals surface area contributed by atoms with Crippen LogP contribution in [0.25, 0.3) is 15.9 Å². The number of thiophene rings is 1. The van der Waals surface area contributed by atoms with Crippen LogP contribution in [0.1, 0.15) is 11.1 Å². The number of benzene rings is 2. The summed E-state index contributed by atoms with van der Waals surface area (Å²) in [6.45, 7) is 3.54. The molecule has 0 radical (unpaired) electrons. The number of hydrogen-bond donors (Lipinski definition) is 1. The maximum atomic E-state index is 13.3. The van der Waals surface area contributed by atoms with Gasteiger partial charge in [-0.3, -0.25) is 14.2 Å². The topological polar surface area (TPSA) is 73.1 Å². The van der Waals surface area contributed by atoms with Crippen LogP contribution in [0.2, 0.25) is 5.02 Å². The number of hydrogen-bond acceptors (Lipinski definition) is 4. The molecule has 1 amide bonds. The van der Waals surface area contributed by atoms with Gasteiger partial charge in [-0.05, 0) is 49.1 Å². The molecule has 8 heteroatoms. The van der Waals surface area contributed by atoms with Gasteiger partial charge in [0.1, 0.15) is 11.2 Å². The van der Waals surface area contributed by atoms with E-state index in [-0.39, 0.29) is 12.1 Å². The van der Waals surface area contributed by atoms with Gasteiger partial charge < -0.3 is 5.32 Å². The zero-order valence-electron chi connectivity index (χ0n) is 16.3. The number of rotatable bonds is 4. The molecule has 1 N–H and O–H groups in total. The van der Waals surface area contributed by atoms with Crippen molar-refractivity contribution >= 4 is 44.7 Å². The number of fused-ring (bicyclic) bond motifs is 1. The van der Waals surface area contributed by atoms with Crippen molar-refractivity contribution in [2.75, 3.05) is 5.32 Å². The van der Waals surface area contributed by atoms with E-state index in [1.54, 1.807) is 41.8 Å². The van der Waals surface area contributed by atoms with Crippen molar-refractivity contribution in [2.24, 2.45) is 0 Å². The van der Waals surface area contributed by atoms with Crippen molar-refractivity contribution in [3.63, 3.8) is 0 Å². The number of aryl methyl sites for hydroxylation is 2. The lowest BCUT2D eigenvalue weighted by Crippen LogP contribution is -2.40. The molecule has 0 unspecified atom stereocenters. The SMILES string of the molecule is Cc1ccc(-n2c(=O)c3sccc3n(CC(=O)Nc3ccccc3Cl)c2=O)c(C)c1. The van der Waals surface area contributed by atoms with Crippen molar-refractivity contribution in [1.29, 1.82) is 0 Å². The largest absolute Gasteiger partial charge is 0.336 e. The molecule has 4 rings (SSSR count). The summed E-state index contributed by atoms with van der Waals surface area (Å²) in [4.78, 5) is 39.1. The highest BCUT2D eigenvalue weighted by molar-refractivity contribution is 7.17. The molecule has 2 heterocycles. The molecule has 0 fully saturated rings. The van der Waals surface area contributed by atoms with E-state index in [2.05, 4.69) is 5.32 Å². The number of anilines is 1. The Kier molecular flexibility index (Phi) is 5.32. The van der Waals surface area contributed by atoms with E-state index in [0.717, 1.165) is 15.7 Å². The van der Waals surface area contributed by atoms with Gasteiger partial charge in [-0.2, -0.15) is 0 Å². The van der Waals surface area contributed by atoms with Gasteiger partial charge in [0.25, 0.3) is 5.56 Å². The Bertz CT molecular complexity index is 1400. The average Bonchev–Trinajstić information content (AvgIpc) is 3.19. The Balaban J connectivity index is 1.83. The van der Waals surface area contributed by atoms with Gasteiger partial charge >= 0.3 is 5.69 Å².